The number of nitrogens with one attached hydrogen (secondary N) is 1. The number of ketones is 1. The zero-order chi connectivity index (χ0) is 12.9. The van der Waals surface area contributed by atoms with Gasteiger partial charge in [0.1, 0.15) is 0 Å². The molecule has 0 aliphatic carbocycles. The van der Waals surface area contributed by atoms with Crippen molar-refractivity contribution < 1.29 is 18.0 Å². The summed E-state index contributed by atoms with van der Waals surface area (Å²) in [6, 6.07) is 9.04. The van der Waals surface area contributed by atoms with E-state index in [1.165, 1.54) is 0 Å². The van der Waals surface area contributed by atoms with E-state index in [1.54, 1.807) is 6.92 Å². The van der Waals surface area contributed by atoms with E-state index in [4.69, 9.17) is 0 Å². The highest BCUT2D eigenvalue weighted by molar-refractivity contribution is 5.94. The normalized spacial score (nSPS) is 13.6. The third-order valence-corrected chi connectivity index (χ3v) is 2.16. The molecule has 92 valence electrons. The van der Waals surface area contributed by atoms with Crippen molar-refractivity contribution in [3.8, 4) is 0 Å². The number of carbonyl (C=O) groups excluding carboxylic acids is 1. The molecular weight excluding hydrogens is 231 g/mol. The maximum absolute atomic E-state index is 11.9. The summed E-state index contributed by atoms with van der Waals surface area (Å²) in [6.45, 7) is 1.79. The SMILES string of the molecule is C[C@H](N/C=C\C(=O)C(F)(F)F)c1ccccc1. The van der Waals surface area contributed by atoms with Gasteiger partial charge in [0, 0.05) is 18.3 Å². The molecule has 0 heterocycles. The lowest BCUT2D eigenvalue weighted by Crippen LogP contribution is -2.21. The van der Waals surface area contributed by atoms with E-state index in [2.05, 4.69) is 5.32 Å². The molecule has 0 saturated carbocycles. The summed E-state index contributed by atoms with van der Waals surface area (Å²) in [6.07, 6.45) is -3.30. The number of carbonyl (C=O) groups is 1. The molecule has 17 heavy (non-hydrogen) atoms. The Bertz CT molecular complexity index is 398. The predicted molar refractivity (Wildman–Crippen MR) is 58.2 cm³/mol. The van der Waals surface area contributed by atoms with Crippen molar-refractivity contribution in [3.63, 3.8) is 0 Å². The second-order valence-electron chi connectivity index (χ2n) is 3.49. The summed E-state index contributed by atoms with van der Waals surface area (Å²) in [5.41, 5.74) is 0.927. The molecule has 0 spiro atoms. The van der Waals surface area contributed by atoms with Crippen LogP contribution in [-0.2, 0) is 4.79 Å². The van der Waals surface area contributed by atoms with Gasteiger partial charge in [0.25, 0.3) is 5.78 Å². The lowest BCUT2D eigenvalue weighted by molar-refractivity contribution is -0.165. The van der Waals surface area contributed by atoms with E-state index in [0.29, 0.717) is 6.08 Å². The van der Waals surface area contributed by atoms with Crippen molar-refractivity contribution in [2.24, 2.45) is 0 Å². The number of hydrogen-bond donors (Lipinski definition) is 1. The standard InChI is InChI=1S/C12H12F3NO/c1-9(10-5-3-2-4-6-10)16-8-7-11(17)12(13,14)15/h2-9,16H,1H3/b8-7-/t9-/m0/s1. The first-order chi connectivity index (χ1) is 7.91. The van der Waals surface area contributed by atoms with Crippen molar-refractivity contribution >= 4 is 5.78 Å². The Morgan fingerprint density at radius 3 is 2.41 bits per heavy atom. The van der Waals surface area contributed by atoms with E-state index in [1.807, 2.05) is 30.3 Å². The highest BCUT2D eigenvalue weighted by Gasteiger charge is 2.35. The Balaban J connectivity index is 2.52. The van der Waals surface area contributed by atoms with Crippen LogP contribution in [-0.4, -0.2) is 12.0 Å². The zero-order valence-corrected chi connectivity index (χ0v) is 9.16. The van der Waals surface area contributed by atoms with Crippen LogP contribution in [0.2, 0.25) is 0 Å². The van der Waals surface area contributed by atoms with Gasteiger partial charge in [-0.05, 0) is 12.5 Å². The van der Waals surface area contributed by atoms with Crippen molar-refractivity contribution in [2.45, 2.75) is 19.1 Å². The van der Waals surface area contributed by atoms with Gasteiger partial charge in [-0.2, -0.15) is 13.2 Å². The van der Waals surface area contributed by atoms with Gasteiger partial charge in [-0.15, -0.1) is 0 Å². The lowest BCUT2D eigenvalue weighted by Gasteiger charge is -2.11. The topological polar surface area (TPSA) is 29.1 Å². The zero-order valence-electron chi connectivity index (χ0n) is 9.16. The predicted octanol–water partition coefficient (Wildman–Crippen LogP) is 2.98. The number of hydrogen-bond acceptors (Lipinski definition) is 2. The first-order valence-corrected chi connectivity index (χ1v) is 5.00. The van der Waals surface area contributed by atoms with E-state index >= 15 is 0 Å². The van der Waals surface area contributed by atoms with Gasteiger partial charge in [-0.1, -0.05) is 30.3 Å². The molecule has 0 bridgehead atoms. The Labute approximate surface area is 97.1 Å². The molecule has 1 rings (SSSR count). The number of rotatable bonds is 4. The van der Waals surface area contributed by atoms with Crippen molar-refractivity contribution in [1.82, 2.24) is 5.32 Å². The minimum Gasteiger partial charge on any atom is -0.384 e. The maximum atomic E-state index is 11.9. The average molecular weight is 243 g/mol. The van der Waals surface area contributed by atoms with Crippen LogP contribution < -0.4 is 5.32 Å². The molecule has 0 fully saturated rings. The fourth-order valence-electron chi connectivity index (χ4n) is 1.20. The molecule has 0 aromatic heterocycles. The first-order valence-electron chi connectivity index (χ1n) is 5.00. The van der Waals surface area contributed by atoms with Crippen LogP contribution in [0.5, 0.6) is 0 Å². The minimum absolute atomic E-state index is 0.159. The number of alkyl halides is 3. The summed E-state index contributed by atoms with van der Waals surface area (Å²) in [5.74, 6) is -1.87. The summed E-state index contributed by atoms with van der Waals surface area (Å²) in [7, 11) is 0. The molecule has 1 aromatic rings. The Kier molecular flexibility index (Phi) is 4.31. The highest BCUT2D eigenvalue weighted by atomic mass is 19.4. The molecule has 0 saturated heterocycles. The van der Waals surface area contributed by atoms with Crippen molar-refractivity contribution in [2.75, 3.05) is 0 Å². The van der Waals surface area contributed by atoms with Crippen LogP contribution in [0.4, 0.5) is 13.2 Å². The molecule has 0 amide bonds. The first kappa shape index (κ1) is 13.3. The lowest BCUT2D eigenvalue weighted by atomic mass is 10.1. The summed E-state index contributed by atoms with van der Waals surface area (Å²) in [5, 5.41) is 2.70. The molecule has 0 unspecified atom stereocenters. The maximum Gasteiger partial charge on any atom is 0.454 e. The second kappa shape index (κ2) is 5.52. The smallest absolute Gasteiger partial charge is 0.384 e. The minimum atomic E-state index is -4.81. The van der Waals surface area contributed by atoms with Gasteiger partial charge in [0.15, 0.2) is 0 Å². The summed E-state index contributed by atoms with van der Waals surface area (Å²) < 4.78 is 35.6. The largest absolute Gasteiger partial charge is 0.454 e. The third-order valence-electron chi connectivity index (χ3n) is 2.16. The molecule has 0 aliphatic rings. The number of halogens is 3. The third kappa shape index (κ3) is 4.30. The van der Waals surface area contributed by atoms with Gasteiger partial charge in [-0.25, -0.2) is 0 Å². The molecular formula is C12H12F3NO. The van der Waals surface area contributed by atoms with Crippen LogP contribution in [0.3, 0.4) is 0 Å². The molecule has 1 atom stereocenters. The molecule has 0 aliphatic heterocycles. The monoisotopic (exact) mass is 243 g/mol. The van der Waals surface area contributed by atoms with Crippen LogP contribution in [0.15, 0.2) is 42.6 Å². The second-order valence-corrected chi connectivity index (χ2v) is 3.49. The average Bonchev–Trinajstić information content (AvgIpc) is 2.28. The molecule has 5 heteroatoms. The van der Waals surface area contributed by atoms with E-state index < -0.39 is 12.0 Å². The van der Waals surface area contributed by atoms with Crippen LogP contribution in [0, 0.1) is 0 Å². The summed E-state index contributed by atoms with van der Waals surface area (Å²) in [4.78, 5) is 10.5. The van der Waals surface area contributed by atoms with Gasteiger partial charge < -0.3 is 5.32 Å². The molecule has 2 nitrogen and oxygen atoms in total. The van der Waals surface area contributed by atoms with E-state index in [-0.39, 0.29) is 6.04 Å². The van der Waals surface area contributed by atoms with Crippen LogP contribution >= 0.6 is 0 Å². The number of allylic oxidation sites excluding steroid dienone is 1. The van der Waals surface area contributed by atoms with Crippen LogP contribution in [0.25, 0.3) is 0 Å². The Hall–Kier alpha value is -1.78. The summed E-state index contributed by atoms with van der Waals surface area (Å²) >= 11 is 0. The molecule has 1 aromatic carbocycles. The van der Waals surface area contributed by atoms with Gasteiger partial charge in [0.05, 0.1) is 0 Å². The van der Waals surface area contributed by atoms with Crippen molar-refractivity contribution in [3.05, 3.63) is 48.2 Å². The highest BCUT2D eigenvalue weighted by Crippen LogP contribution is 2.16. The van der Waals surface area contributed by atoms with Gasteiger partial charge in [0.2, 0.25) is 0 Å². The van der Waals surface area contributed by atoms with Crippen molar-refractivity contribution in [1.29, 1.82) is 0 Å². The van der Waals surface area contributed by atoms with Crippen LogP contribution in [0.1, 0.15) is 18.5 Å². The van der Waals surface area contributed by atoms with E-state index in [9.17, 15) is 18.0 Å². The fraction of sp³-hybridized carbons (Fsp3) is 0.250. The van der Waals surface area contributed by atoms with E-state index in [0.717, 1.165) is 11.8 Å². The Morgan fingerprint density at radius 1 is 1.29 bits per heavy atom. The van der Waals surface area contributed by atoms with Gasteiger partial charge >= 0.3 is 6.18 Å². The quantitative estimate of drug-likeness (QED) is 0.824. The fourth-order valence-corrected chi connectivity index (χ4v) is 1.20. The molecule has 0 radical (unpaired) electrons. The molecule has 1 N–H and O–H groups in total. The Morgan fingerprint density at radius 2 is 1.88 bits per heavy atom. The number of benzene rings is 1. The van der Waals surface area contributed by atoms with Gasteiger partial charge in [-0.3, -0.25) is 4.79 Å².